The quantitative estimate of drug-likeness (QED) is 0.383. The molecule has 27 heavy (non-hydrogen) atoms. The van der Waals surface area contributed by atoms with E-state index in [1.807, 2.05) is 48.5 Å². The molecule has 0 saturated carbocycles. The molecule has 0 amide bonds. The van der Waals surface area contributed by atoms with E-state index >= 15 is 0 Å². The third-order valence-electron chi connectivity index (χ3n) is 4.57. The van der Waals surface area contributed by atoms with Crippen molar-refractivity contribution in [3.05, 3.63) is 107 Å². The molecule has 0 unspecified atom stereocenters. The van der Waals surface area contributed by atoms with Crippen LogP contribution in [0, 0.1) is 11.3 Å². The van der Waals surface area contributed by atoms with Gasteiger partial charge in [-0.3, -0.25) is 0 Å². The van der Waals surface area contributed by atoms with E-state index in [4.69, 9.17) is 11.6 Å². The van der Waals surface area contributed by atoms with Gasteiger partial charge in [0.1, 0.15) is 0 Å². The van der Waals surface area contributed by atoms with Crippen LogP contribution < -0.4 is 0 Å². The van der Waals surface area contributed by atoms with Crippen molar-refractivity contribution >= 4 is 34.2 Å². The van der Waals surface area contributed by atoms with Gasteiger partial charge in [0, 0.05) is 34.2 Å². The van der Waals surface area contributed by atoms with E-state index in [0.717, 1.165) is 28.6 Å². The molecule has 0 aliphatic heterocycles. The lowest BCUT2D eigenvalue weighted by molar-refractivity contribution is 0.836. The third-order valence-corrected chi connectivity index (χ3v) is 4.81. The van der Waals surface area contributed by atoms with Crippen LogP contribution in [0.5, 0.6) is 0 Å². The van der Waals surface area contributed by atoms with Crippen LogP contribution in [-0.2, 0) is 6.54 Å². The van der Waals surface area contributed by atoms with Crippen molar-refractivity contribution in [2.75, 3.05) is 0 Å². The van der Waals surface area contributed by atoms with Gasteiger partial charge in [0.2, 0.25) is 0 Å². The van der Waals surface area contributed by atoms with Crippen LogP contribution in [-0.4, -0.2) is 4.57 Å². The van der Waals surface area contributed by atoms with Gasteiger partial charge in [-0.25, -0.2) is 0 Å². The summed E-state index contributed by atoms with van der Waals surface area (Å²) in [7, 11) is 0. The maximum absolute atomic E-state index is 9.68. The highest BCUT2D eigenvalue weighted by Gasteiger charge is 2.09. The van der Waals surface area contributed by atoms with Crippen LogP contribution in [0.1, 0.15) is 16.7 Å². The number of nitriles is 1. The third kappa shape index (κ3) is 3.65. The Bertz CT molecular complexity index is 1160. The number of benzene rings is 3. The molecule has 3 aromatic carbocycles. The van der Waals surface area contributed by atoms with Crippen molar-refractivity contribution in [3.8, 4) is 6.07 Å². The van der Waals surface area contributed by atoms with Gasteiger partial charge in [0.15, 0.2) is 0 Å². The summed E-state index contributed by atoms with van der Waals surface area (Å²) >= 11 is 6.10. The Kier molecular flexibility index (Phi) is 4.78. The van der Waals surface area contributed by atoms with E-state index in [1.165, 1.54) is 5.56 Å². The summed E-state index contributed by atoms with van der Waals surface area (Å²) in [6, 6.07) is 28.4. The fourth-order valence-corrected chi connectivity index (χ4v) is 3.48. The second kappa shape index (κ2) is 7.53. The van der Waals surface area contributed by atoms with Gasteiger partial charge in [-0.15, -0.1) is 0 Å². The van der Waals surface area contributed by atoms with Gasteiger partial charge >= 0.3 is 0 Å². The van der Waals surface area contributed by atoms with Crippen LogP contribution in [0.3, 0.4) is 0 Å². The Morgan fingerprint density at radius 3 is 2.52 bits per heavy atom. The number of fused-ring (bicyclic) bond motifs is 1. The number of halogens is 1. The summed E-state index contributed by atoms with van der Waals surface area (Å²) in [4.78, 5) is 0. The Labute approximate surface area is 163 Å². The molecule has 0 N–H and O–H groups in total. The molecule has 0 aliphatic rings. The SMILES string of the molecule is N#C/C(=C\c1cn(Cc2ccccc2)c2ccccc12)c1cccc(Cl)c1. The summed E-state index contributed by atoms with van der Waals surface area (Å²) in [5.41, 5.74) is 4.84. The number of nitrogens with zero attached hydrogens (tertiary/aromatic N) is 2. The lowest BCUT2D eigenvalue weighted by atomic mass is 10.0. The summed E-state index contributed by atoms with van der Waals surface area (Å²) in [5, 5.41) is 11.4. The molecule has 4 rings (SSSR count). The number of allylic oxidation sites excluding steroid dienone is 1. The molecule has 0 radical (unpaired) electrons. The summed E-state index contributed by atoms with van der Waals surface area (Å²) in [6.07, 6.45) is 4.05. The standard InChI is InChI=1S/C24H17ClN2/c25-22-10-6-9-19(14-22)20(15-26)13-21-17-27(16-18-7-2-1-3-8-18)24-12-5-4-11-23(21)24/h1-14,17H,16H2/b20-13+. The smallest absolute Gasteiger partial charge is 0.0998 e. The second-order valence-electron chi connectivity index (χ2n) is 6.40. The Morgan fingerprint density at radius 2 is 1.74 bits per heavy atom. The van der Waals surface area contributed by atoms with Crippen LogP contribution in [0.4, 0.5) is 0 Å². The minimum Gasteiger partial charge on any atom is -0.342 e. The Balaban J connectivity index is 1.81. The Hall–Kier alpha value is -3.28. The molecular weight excluding hydrogens is 352 g/mol. The molecular formula is C24H17ClN2. The molecule has 0 atom stereocenters. The Morgan fingerprint density at radius 1 is 0.963 bits per heavy atom. The number of hydrogen-bond acceptors (Lipinski definition) is 1. The molecule has 3 heteroatoms. The first-order valence-corrected chi connectivity index (χ1v) is 9.12. The summed E-state index contributed by atoms with van der Waals surface area (Å²) in [6.45, 7) is 0.786. The van der Waals surface area contributed by atoms with Crippen molar-refractivity contribution in [2.45, 2.75) is 6.54 Å². The van der Waals surface area contributed by atoms with E-state index < -0.39 is 0 Å². The van der Waals surface area contributed by atoms with E-state index in [9.17, 15) is 5.26 Å². The van der Waals surface area contributed by atoms with Gasteiger partial charge < -0.3 is 4.57 Å². The predicted molar refractivity (Wildman–Crippen MR) is 112 cm³/mol. The molecule has 0 spiro atoms. The molecule has 0 fully saturated rings. The van der Waals surface area contributed by atoms with Crippen LogP contribution in [0.15, 0.2) is 85.1 Å². The fraction of sp³-hybridized carbons (Fsp3) is 0.0417. The molecule has 130 valence electrons. The van der Waals surface area contributed by atoms with Gasteiger partial charge in [-0.2, -0.15) is 5.26 Å². The zero-order valence-corrected chi connectivity index (χ0v) is 15.4. The monoisotopic (exact) mass is 368 g/mol. The van der Waals surface area contributed by atoms with Crippen molar-refractivity contribution < 1.29 is 0 Å². The number of aromatic nitrogens is 1. The van der Waals surface area contributed by atoms with Crippen molar-refractivity contribution in [2.24, 2.45) is 0 Å². The van der Waals surface area contributed by atoms with Gasteiger partial charge in [-0.1, -0.05) is 72.3 Å². The maximum Gasteiger partial charge on any atom is 0.0998 e. The van der Waals surface area contributed by atoms with E-state index in [0.29, 0.717) is 10.6 Å². The van der Waals surface area contributed by atoms with E-state index in [2.05, 4.69) is 53.2 Å². The highest BCUT2D eigenvalue weighted by atomic mass is 35.5. The maximum atomic E-state index is 9.68. The summed E-state index contributed by atoms with van der Waals surface area (Å²) in [5.74, 6) is 0. The first kappa shape index (κ1) is 17.1. The molecule has 0 aliphatic carbocycles. The second-order valence-corrected chi connectivity index (χ2v) is 6.83. The van der Waals surface area contributed by atoms with Crippen molar-refractivity contribution in [1.82, 2.24) is 4.57 Å². The lowest BCUT2D eigenvalue weighted by Crippen LogP contribution is -1.97. The van der Waals surface area contributed by atoms with Crippen molar-refractivity contribution in [3.63, 3.8) is 0 Å². The number of rotatable bonds is 4. The fourth-order valence-electron chi connectivity index (χ4n) is 3.29. The van der Waals surface area contributed by atoms with Crippen LogP contribution >= 0.6 is 11.6 Å². The average molecular weight is 369 g/mol. The molecule has 0 saturated heterocycles. The van der Waals surface area contributed by atoms with E-state index in [1.54, 1.807) is 0 Å². The van der Waals surface area contributed by atoms with Gasteiger partial charge in [-0.05, 0) is 35.4 Å². The average Bonchev–Trinajstić information content (AvgIpc) is 3.04. The van der Waals surface area contributed by atoms with Crippen LogP contribution in [0.2, 0.25) is 5.02 Å². The van der Waals surface area contributed by atoms with Gasteiger partial charge in [0.25, 0.3) is 0 Å². The minimum absolute atomic E-state index is 0.597. The topological polar surface area (TPSA) is 28.7 Å². The molecule has 1 aromatic heterocycles. The summed E-state index contributed by atoms with van der Waals surface area (Å²) < 4.78 is 2.23. The predicted octanol–water partition coefficient (Wildman–Crippen LogP) is 6.41. The molecule has 2 nitrogen and oxygen atoms in total. The molecule has 1 heterocycles. The highest BCUT2D eigenvalue weighted by Crippen LogP contribution is 2.27. The zero-order valence-electron chi connectivity index (χ0n) is 14.6. The molecule has 4 aromatic rings. The first-order valence-electron chi connectivity index (χ1n) is 8.74. The zero-order chi connectivity index (χ0) is 18.6. The van der Waals surface area contributed by atoms with Crippen molar-refractivity contribution in [1.29, 1.82) is 5.26 Å². The largest absolute Gasteiger partial charge is 0.342 e. The van der Waals surface area contributed by atoms with Crippen LogP contribution in [0.25, 0.3) is 22.6 Å². The van der Waals surface area contributed by atoms with E-state index in [-0.39, 0.29) is 0 Å². The van der Waals surface area contributed by atoms with Gasteiger partial charge in [0.05, 0.1) is 11.6 Å². The lowest BCUT2D eigenvalue weighted by Gasteiger charge is -2.05. The normalized spacial score (nSPS) is 11.5. The number of hydrogen-bond donors (Lipinski definition) is 0. The first-order chi connectivity index (χ1) is 13.2. The highest BCUT2D eigenvalue weighted by molar-refractivity contribution is 6.30. The molecule has 0 bridgehead atoms. The number of para-hydroxylation sites is 1. The minimum atomic E-state index is 0.597.